The number of anilines is 4. The van der Waals surface area contributed by atoms with Gasteiger partial charge in [-0.2, -0.15) is 4.98 Å². The third kappa shape index (κ3) is 3.77. The zero-order chi connectivity index (χ0) is 21.4. The number of aromatic hydroxyl groups is 1. The fourth-order valence-electron chi connectivity index (χ4n) is 4.23. The highest BCUT2D eigenvalue weighted by molar-refractivity contribution is 5.78. The normalized spacial score (nSPS) is 15.8. The van der Waals surface area contributed by atoms with Gasteiger partial charge in [0, 0.05) is 56.2 Å². The molecule has 2 aliphatic heterocycles. The van der Waals surface area contributed by atoms with Crippen molar-refractivity contribution in [3.05, 3.63) is 54.1 Å². The standard InChI is InChI=1S/C24H27N5O2/c1-27(2)18-6-4-7-19(16-18)29-10-9-21-22(17-5-3-8-20(30)15-17)25-24(26-23(21)29)28-11-13-31-14-12-28/h3-8,15-16,30H,9-14H2,1-2H3. The minimum atomic E-state index is 0.242. The van der Waals surface area contributed by atoms with Gasteiger partial charge in [0.05, 0.1) is 18.9 Å². The molecule has 7 nitrogen and oxygen atoms in total. The predicted octanol–water partition coefficient (Wildman–Crippen LogP) is 3.45. The van der Waals surface area contributed by atoms with Crippen LogP contribution in [0.5, 0.6) is 5.75 Å². The summed E-state index contributed by atoms with van der Waals surface area (Å²) in [6.07, 6.45) is 0.857. The van der Waals surface area contributed by atoms with E-state index < -0.39 is 0 Å². The van der Waals surface area contributed by atoms with Crippen molar-refractivity contribution in [2.24, 2.45) is 0 Å². The fraction of sp³-hybridized carbons (Fsp3) is 0.333. The molecule has 1 fully saturated rings. The molecule has 1 saturated heterocycles. The van der Waals surface area contributed by atoms with Crippen LogP contribution in [-0.4, -0.2) is 62.0 Å². The summed E-state index contributed by atoms with van der Waals surface area (Å²) in [7, 11) is 4.10. The Morgan fingerprint density at radius 2 is 1.77 bits per heavy atom. The van der Waals surface area contributed by atoms with Crippen LogP contribution in [0, 0.1) is 0 Å². The van der Waals surface area contributed by atoms with E-state index >= 15 is 0 Å². The molecule has 5 rings (SSSR count). The van der Waals surface area contributed by atoms with Crippen LogP contribution in [0.4, 0.5) is 23.1 Å². The summed E-state index contributed by atoms with van der Waals surface area (Å²) in [5.74, 6) is 1.91. The molecule has 0 saturated carbocycles. The van der Waals surface area contributed by atoms with E-state index in [1.165, 1.54) is 0 Å². The van der Waals surface area contributed by atoms with Crippen LogP contribution in [0.15, 0.2) is 48.5 Å². The Morgan fingerprint density at radius 3 is 2.55 bits per heavy atom. The summed E-state index contributed by atoms with van der Waals surface area (Å²) >= 11 is 0. The first kappa shape index (κ1) is 19.6. The van der Waals surface area contributed by atoms with Gasteiger partial charge >= 0.3 is 0 Å². The fourth-order valence-corrected chi connectivity index (χ4v) is 4.23. The first-order valence-electron chi connectivity index (χ1n) is 10.7. The number of fused-ring (bicyclic) bond motifs is 1. The van der Waals surface area contributed by atoms with Crippen LogP contribution in [0.25, 0.3) is 11.3 Å². The Kier molecular flexibility index (Phi) is 5.11. The molecule has 1 N–H and O–H groups in total. The number of hydrogen-bond donors (Lipinski definition) is 1. The number of benzene rings is 2. The van der Waals surface area contributed by atoms with Crippen LogP contribution in [0.3, 0.4) is 0 Å². The third-order valence-electron chi connectivity index (χ3n) is 5.89. The van der Waals surface area contributed by atoms with Gasteiger partial charge in [-0.25, -0.2) is 4.98 Å². The molecular weight excluding hydrogens is 390 g/mol. The quantitative estimate of drug-likeness (QED) is 0.698. The Morgan fingerprint density at radius 1 is 0.968 bits per heavy atom. The van der Waals surface area contributed by atoms with Crippen LogP contribution < -0.4 is 14.7 Å². The molecule has 0 spiro atoms. The predicted molar refractivity (Wildman–Crippen MR) is 124 cm³/mol. The first-order chi connectivity index (χ1) is 15.1. The second kappa shape index (κ2) is 8.07. The number of ether oxygens (including phenoxy) is 1. The van der Waals surface area contributed by atoms with Crippen molar-refractivity contribution in [1.29, 1.82) is 0 Å². The minimum absolute atomic E-state index is 0.242. The number of hydrogen-bond acceptors (Lipinski definition) is 7. The lowest BCUT2D eigenvalue weighted by Crippen LogP contribution is -2.37. The van der Waals surface area contributed by atoms with Gasteiger partial charge in [-0.05, 0) is 36.8 Å². The summed E-state index contributed by atoms with van der Waals surface area (Å²) in [6.45, 7) is 3.75. The average molecular weight is 418 g/mol. The Labute approximate surface area is 182 Å². The van der Waals surface area contributed by atoms with Gasteiger partial charge in [0.25, 0.3) is 0 Å². The summed E-state index contributed by atoms with van der Waals surface area (Å²) in [6, 6.07) is 15.8. The summed E-state index contributed by atoms with van der Waals surface area (Å²) < 4.78 is 5.53. The second-order valence-corrected chi connectivity index (χ2v) is 8.14. The van der Waals surface area contributed by atoms with Gasteiger partial charge in [0.2, 0.25) is 5.95 Å². The highest BCUT2D eigenvalue weighted by Gasteiger charge is 2.29. The maximum atomic E-state index is 10.1. The maximum absolute atomic E-state index is 10.1. The highest BCUT2D eigenvalue weighted by atomic mass is 16.5. The van der Waals surface area contributed by atoms with Gasteiger partial charge < -0.3 is 24.5 Å². The lowest BCUT2D eigenvalue weighted by molar-refractivity contribution is 0.122. The molecule has 0 radical (unpaired) electrons. The van der Waals surface area contributed by atoms with Crippen molar-refractivity contribution in [3.63, 3.8) is 0 Å². The number of phenols is 1. The minimum Gasteiger partial charge on any atom is -0.508 e. The van der Waals surface area contributed by atoms with Gasteiger partial charge in [-0.1, -0.05) is 18.2 Å². The molecular formula is C24H27N5O2. The molecule has 0 amide bonds. The van der Waals surface area contributed by atoms with Crippen molar-refractivity contribution >= 4 is 23.1 Å². The van der Waals surface area contributed by atoms with E-state index in [9.17, 15) is 5.11 Å². The topological polar surface area (TPSA) is 65.0 Å². The number of rotatable bonds is 4. The lowest BCUT2D eigenvalue weighted by Gasteiger charge is -2.28. The van der Waals surface area contributed by atoms with Crippen LogP contribution >= 0.6 is 0 Å². The van der Waals surface area contributed by atoms with E-state index in [0.29, 0.717) is 13.2 Å². The zero-order valence-electron chi connectivity index (χ0n) is 18.0. The molecule has 3 heterocycles. The molecule has 1 aromatic heterocycles. The van der Waals surface area contributed by atoms with Crippen molar-refractivity contribution in [1.82, 2.24) is 9.97 Å². The monoisotopic (exact) mass is 417 g/mol. The largest absolute Gasteiger partial charge is 0.508 e. The van der Waals surface area contributed by atoms with Gasteiger partial charge in [0.15, 0.2) is 0 Å². The molecule has 0 bridgehead atoms. The first-order valence-corrected chi connectivity index (χ1v) is 10.7. The SMILES string of the molecule is CN(C)c1cccc(N2CCc3c(-c4cccc(O)c4)nc(N4CCOCC4)nc32)c1. The lowest BCUT2D eigenvalue weighted by atomic mass is 10.1. The van der Waals surface area contributed by atoms with Gasteiger partial charge in [-0.3, -0.25) is 0 Å². The van der Waals surface area contributed by atoms with Gasteiger partial charge in [-0.15, -0.1) is 0 Å². The van der Waals surface area contributed by atoms with E-state index in [4.69, 9.17) is 14.7 Å². The summed E-state index contributed by atoms with van der Waals surface area (Å²) in [5.41, 5.74) is 5.21. The van der Waals surface area contributed by atoms with Crippen LogP contribution in [0.1, 0.15) is 5.56 Å². The molecule has 0 aliphatic carbocycles. The molecule has 31 heavy (non-hydrogen) atoms. The van der Waals surface area contributed by atoms with Crippen molar-refractivity contribution in [2.45, 2.75) is 6.42 Å². The van der Waals surface area contributed by atoms with E-state index in [1.807, 2.05) is 12.1 Å². The Balaban J connectivity index is 1.64. The van der Waals surface area contributed by atoms with E-state index in [0.717, 1.165) is 66.0 Å². The molecule has 0 atom stereocenters. The third-order valence-corrected chi connectivity index (χ3v) is 5.89. The molecule has 160 valence electrons. The maximum Gasteiger partial charge on any atom is 0.228 e. The molecule has 7 heteroatoms. The smallest absolute Gasteiger partial charge is 0.228 e. The van der Waals surface area contributed by atoms with Gasteiger partial charge in [0.1, 0.15) is 11.6 Å². The number of aromatic nitrogens is 2. The van der Waals surface area contributed by atoms with Crippen molar-refractivity contribution in [2.75, 3.05) is 61.6 Å². The zero-order valence-corrected chi connectivity index (χ0v) is 18.0. The average Bonchev–Trinajstić information content (AvgIpc) is 3.23. The number of phenolic OH excluding ortho intramolecular Hbond substituents is 1. The van der Waals surface area contributed by atoms with Crippen LogP contribution in [0.2, 0.25) is 0 Å². The molecule has 2 aromatic carbocycles. The van der Waals surface area contributed by atoms with E-state index in [-0.39, 0.29) is 5.75 Å². The number of nitrogens with zero attached hydrogens (tertiary/aromatic N) is 5. The van der Waals surface area contributed by atoms with Crippen molar-refractivity contribution < 1.29 is 9.84 Å². The van der Waals surface area contributed by atoms with E-state index in [2.05, 4.69) is 53.1 Å². The molecule has 3 aromatic rings. The van der Waals surface area contributed by atoms with Crippen molar-refractivity contribution in [3.8, 4) is 17.0 Å². The number of morpholine rings is 1. The molecule has 2 aliphatic rings. The second-order valence-electron chi connectivity index (χ2n) is 8.14. The summed E-state index contributed by atoms with van der Waals surface area (Å²) in [5, 5.41) is 10.1. The summed E-state index contributed by atoms with van der Waals surface area (Å²) in [4.78, 5) is 16.6. The highest BCUT2D eigenvalue weighted by Crippen LogP contribution is 2.40. The Hall–Kier alpha value is -3.32. The van der Waals surface area contributed by atoms with Crippen LogP contribution in [-0.2, 0) is 11.2 Å². The molecule has 0 unspecified atom stereocenters. The Bertz CT molecular complexity index is 1100. The van der Waals surface area contributed by atoms with E-state index in [1.54, 1.807) is 12.1 Å².